The summed E-state index contributed by atoms with van der Waals surface area (Å²) in [7, 11) is 0. The van der Waals surface area contributed by atoms with Crippen molar-refractivity contribution in [3.05, 3.63) is 94.0 Å². The van der Waals surface area contributed by atoms with Crippen LogP contribution in [0.4, 0.5) is 0 Å². The molecule has 7 atom stereocenters. The van der Waals surface area contributed by atoms with Crippen LogP contribution in [-0.2, 0) is 4.79 Å². The lowest BCUT2D eigenvalue weighted by Gasteiger charge is -2.56. The lowest BCUT2D eigenvalue weighted by molar-refractivity contribution is -0.132. The highest BCUT2D eigenvalue weighted by molar-refractivity contribution is 6.30. The van der Waals surface area contributed by atoms with Gasteiger partial charge in [0.05, 0.1) is 12.1 Å². The lowest BCUT2D eigenvalue weighted by atomic mass is 9.48. The van der Waals surface area contributed by atoms with Crippen LogP contribution < -0.4 is 5.32 Å². The van der Waals surface area contributed by atoms with Crippen LogP contribution in [0, 0.1) is 45.8 Å². The Balaban J connectivity index is 1.25. The van der Waals surface area contributed by atoms with E-state index in [9.17, 15) is 10.1 Å². The van der Waals surface area contributed by atoms with E-state index in [1.165, 1.54) is 12.0 Å². The normalized spacial score (nSPS) is 34.5. The Labute approximate surface area is 232 Å². The molecular weight excluding hydrogens is 488 g/mol. The first-order valence-electron chi connectivity index (χ1n) is 14.3. The molecule has 0 saturated heterocycles. The Bertz CT molecular complexity index is 1320. The van der Waals surface area contributed by atoms with Gasteiger partial charge in [0.2, 0.25) is 5.91 Å². The first-order valence-corrected chi connectivity index (χ1v) is 14.6. The minimum Gasteiger partial charge on any atom is -0.345 e. The van der Waals surface area contributed by atoms with E-state index in [4.69, 9.17) is 11.6 Å². The Morgan fingerprint density at radius 2 is 1.74 bits per heavy atom. The highest BCUT2D eigenvalue weighted by atomic mass is 35.5. The molecule has 3 nitrogen and oxygen atoms in total. The molecule has 4 aliphatic rings. The van der Waals surface area contributed by atoms with E-state index in [2.05, 4.69) is 49.5 Å². The minimum absolute atomic E-state index is 0.0243. The second-order valence-electron chi connectivity index (χ2n) is 12.5. The molecule has 0 aromatic heterocycles. The number of amides is 1. The smallest absolute Gasteiger partial charge is 0.224 e. The molecule has 0 aliphatic heterocycles. The molecule has 1 amide bonds. The largest absolute Gasteiger partial charge is 0.345 e. The molecule has 2 aromatic rings. The first kappa shape index (κ1) is 25.4. The second kappa shape index (κ2) is 9.73. The zero-order chi connectivity index (χ0) is 26.5. The molecule has 6 rings (SSSR count). The van der Waals surface area contributed by atoms with Crippen molar-refractivity contribution < 1.29 is 4.79 Å². The van der Waals surface area contributed by atoms with Crippen LogP contribution in [-0.4, -0.2) is 5.91 Å². The van der Waals surface area contributed by atoms with Crippen LogP contribution in [0.3, 0.4) is 0 Å². The van der Waals surface area contributed by atoms with Gasteiger partial charge in [0, 0.05) is 16.5 Å². The Morgan fingerprint density at radius 3 is 2.47 bits per heavy atom. The van der Waals surface area contributed by atoms with Gasteiger partial charge in [-0.25, -0.2) is 0 Å². The molecule has 2 saturated carbocycles. The average Bonchev–Trinajstić information content (AvgIpc) is 3.29. The van der Waals surface area contributed by atoms with Crippen molar-refractivity contribution in [2.24, 2.45) is 34.5 Å². The van der Waals surface area contributed by atoms with Crippen molar-refractivity contribution >= 4 is 17.5 Å². The Hall–Kier alpha value is -2.83. The third kappa shape index (κ3) is 4.13. The predicted octanol–water partition coefficient (Wildman–Crippen LogP) is 8.18. The van der Waals surface area contributed by atoms with Gasteiger partial charge in [-0.15, -0.1) is 0 Å². The Kier molecular flexibility index (Phi) is 6.51. The zero-order valence-corrected chi connectivity index (χ0v) is 23.2. The van der Waals surface area contributed by atoms with Gasteiger partial charge in [-0.1, -0.05) is 74.0 Å². The van der Waals surface area contributed by atoms with Gasteiger partial charge in [0.15, 0.2) is 0 Å². The van der Waals surface area contributed by atoms with Crippen molar-refractivity contribution in [2.45, 2.75) is 64.8 Å². The fourth-order valence-corrected chi connectivity index (χ4v) is 8.87. The summed E-state index contributed by atoms with van der Waals surface area (Å²) in [5.41, 5.74) is 4.66. The maximum absolute atomic E-state index is 14.1. The summed E-state index contributed by atoms with van der Waals surface area (Å²) in [6, 6.07) is 20.3. The monoisotopic (exact) mass is 524 g/mol. The highest BCUT2D eigenvalue weighted by Crippen LogP contribution is 2.66. The van der Waals surface area contributed by atoms with E-state index < -0.39 is 0 Å². The minimum atomic E-state index is -0.192. The van der Waals surface area contributed by atoms with Crippen LogP contribution in [0.15, 0.2) is 77.9 Å². The van der Waals surface area contributed by atoms with E-state index in [0.29, 0.717) is 22.8 Å². The molecule has 196 valence electrons. The fraction of sp³-hybridized carbons (Fsp3) is 0.471. The van der Waals surface area contributed by atoms with Gasteiger partial charge in [-0.05, 0) is 108 Å². The summed E-state index contributed by atoms with van der Waals surface area (Å²) >= 11 is 6.18. The molecule has 4 aliphatic carbocycles. The molecule has 2 fully saturated rings. The number of benzene rings is 2. The molecule has 0 bridgehead atoms. The number of nitriles is 1. The average molecular weight is 525 g/mol. The van der Waals surface area contributed by atoms with Gasteiger partial charge < -0.3 is 5.32 Å². The number of fused-ring (bicyclic) bond motifs is 5. The maximum Gasteiger partial charge on any atom is 0.224 e. The molecule has 0 spiro atoms. The van der Waals surface area contributed by atoms with E-state index in [1.54, 1.807) is 0 Å². The molecular formula is C34H37ClN2O. The summed E-state index contributed by atoms with van der Waals surface area (Å²) in [6.07, 6.45) is 12.0. The number of rotatable bonds is 4. The fourth-order valence-electron chi connectivity index (χ4n) is 8.75. The van der Waals surface area contributed by atoms with Crippen LogP contribution >= 0.6 is 11.6 Å². The number of hydrogen-bond donors (Lipinski definition) is 1. The zero-order valence-electron chi connectivity index (χ0n) is 22.4. The molecule has 1 N–H and O–H groups in total. The van der Waals surface area contributed by atoms with Crippen molar-refractivity contribution in [2.75, 3.05) is 0 Å². The summed E-state index contributed by atoms with van der Waals surface area (Å²) < 4.78 is 0. The van der Waals surface area contributed by atoms with Gasteiger partial charge in [-0.2, -0.15) is 5.26 Å². The third-order valence-electron chi connectivity index (χ3n) is 10.9. The molecule has 38 heavy (non-hydrogen) atoms. The lowest BCUT2D eigenvalue weighted by Crippen LogP contribution is -2.51. The van der Waals surface area contributed by atoms with Crippen molar-refractivity contribution in [3.63, 3.8) is 0 Å². The topological polar surface area (TPSA) is 52.9 Å². The summed E-state index contributed by atoms with van der Waals surface area (Å²) in [4.78, 5) is 14.1. The number of carbonyl (C=O) groups is 1. The molecule has 0 heterocycles. The molecule has 0 radical (unpaired) electrons. The number of allylic oxidation sites excluding steroid dienone is 4. The van der Waals surface area contributed by atoms with E-state index in [-0.39, 0.29) is 28.7 Å². The molecule has 4 heteroatoms. The standard InChI is InChI=1S/C34H37ClN2O/c1-33-18-16-22(21-36)20-25(33)10-13-27-28-14-15-30(34(28,2)19-17-29(27)33)32(38)37-31(23-6-4-3-5-7-23)24-8-11-26(35)12-9-24/h3-12,20,27-31H,13-19H2,1-2H3,(H,37,38)/t27-,28-,29-,30+,31?,33-,34-/m0/s1. The first-order chi connectivity index (χ1) is 18.3. The Morgan fingerprint density at radius 1 is 1.00 bits per heavy atom. The summed E-state index contributed by atoms with van der Waals surface area (Å²) in [6.45, 7) is 4.85. The molecule has 2 aromatic carbocycles. The van der Waals surface area contributed by atoms with Crippen LogP contribution in [0.2, 0.25) is 5.02 Å². The van der Waals surface area contributed by atoms with Crippen molar-refractivity contribution in [1.82, 2.24) is 5.32 Å². The van der Waals surface area contributed by atoms with Gasteiger partial charge in [-0.3, -0.25) is 4.79 Å². The number of carbonyl (C=O) groups excluding carboxylic acids is 1. The number of halogens is 1. The maximum atomic E-state index is 14.1. The summed E-state index contributed by atoms with van der Waals surface area (Å²) in [5, 5.41) is 13.6. The van der Waals surface area contributed by atoms with Crippen LogP contribution in [0.25, 0.3) is 0 Å². The van der Waals surface area contributed by atoms with Crippen molar-refractivity contribution in [3.8, 4) is 6.07 Å². The van der Waals surface area contributed by atoms with Gasteiger partial charge in [0.25, 0.3) is 0 Å². The van der Waals surface area contributed by atoms with Crippen LogP contribution in [0.5, 0.6) is 0 Å². The predicted molar refractivity (Wildman–Crippen MR) is 152 cm³/mol. The second-order valence-corrected chi connectivity index (χ2v) is 13.0. The highest BCUT2D eigenvalue weighted by Gasteiger charge is 2.59. The quantitative estimate of drug-likeness (QED) is 0.438. The SMILES string of the molecule is C[C@]12CC[C@H]3[C@@H](CC=C4C=C(C#N)CC[C@@]43C)[C@@H]1CC[C@@H]2C(=O)NC(c1ccccc1)c1ccc(Cl)cc1. The van der Waals surface area contributed by atoms with Gasteiger partial charge in [0.1, 0.15) is 0 Å². The van der Waals surface area contributed by atoms with Crippen LogP contribution in [0.1, 0.15) is 76.0 Å². The summed E-state index contributed by atoms with van der Waals surface area (Å²) in [5.74, 6) is 2.05. The van der Waals surface area contributed by atoms with E-state index in [0.717, 1.165) is 55.2 Å². The van der Waals surface area contributed by atoms with Gasteiger partial charge >= 0.3 is 0 Å². The number of nitrogens with zero attached hydrogens (tertiary/aromatic N) is 1. The van der Waals surface area contributed by atoms with E-state index in [1.807, 2.05) is 42.5 Å². The van der Waals surface area contributed by atoms with E-state index >= 15 is 0 Å². The third-order valence-corrected chi connectivity index (χ3v) is 11.1. The number of hydrogen-bond acceptors (Lipinski definition) is 2. The van der Waals surface area contributed by atoms with Crippen molar-refractivity contribution in [1.29, 1.82) is 5.26 Å². The molecule has 1 unspecified atom stereocenters. The number of nitrogens with one attached hydrogen (secondary N) is 1.